The zero-order chi connectivity index (χ0) is 15.9. The molecule has 0 amide bonds. The molecule has 0 aliphatic rings. The number of anilines is 1. The molecule has 0 aliphatic heterocycles. The third-order valence-corrected chi connectivity index (χ3v) is 3.34. The fourth-order valence-electron chi connectivity index (χ4n) is 2.06. The van der Waals surface area contributed by atoms with Crippen molar-refractivity contribution in [3.8, 4) is 11.4 Å². The van der Waals surface area contributed by atoms with E-state index in [4.69, 9.17) is 4.74 Å². The van der Waals surface area contributed by atoms with Gasteiger partial charge >= 0.3 is 0 Å². The van der Waals surface area contributed by atoms with Crippen LogP contribution in [0.5, 0.6) is 0 Å². The first-order valence-electron chi connectivity index (χ1n) is 7.44. The van der Waals surface area contributed by atoms with E-state index in [9.17, 15) is 4.79 Å². The molecule has 0 radical (unpaired) electrons. The van der Waals surface area contributed by atoms with Gasteiger partial charge in [0.2, 0.25) is 0 Å². The molecule has 22 heavy (non-hydrogen) atoms. The van der Waals surface area contributed by atoms with Gasteiger partial charge in [-0.05, 0) is 31.9 Å². The average Bonchev–Trinajstić information content (AvgIpc) is 2.53. The van der Waals surface area contributed by atoms with Crippen LogP contribution >= 0.6 is 0 Å². The predicted octanol–water partition coefficient (Wildman–Crippen LogP) is 2.23. The molecule has 1 unspecified atom stereocenters. The van der Waals surface area contributed by atoms with Crippen molar-refractivity contribution in [2.24, 2.45) is 0 Å². The summed E-state index contributed by atoms with van der Waals surface area (Å²) in [5, 5.41) is 3.31. The Kier molecular flexibility index (Phi) is 5.66. The maximum atomic E-state index is 11.6. The van der Waals surface area contributed by atoms with E-state index in [1.54, 1.807) is 13.3 Å². The van der Waals surface area contributed by atoms with Crippen molar-refractivity contribution in [2.45, 2.75) is 32.7 Å². The lowest BCUT2D eigenvalue weighted by molar-refractivity contribution is 0.191. The molecule has 2 heterocycles. The molecule has 1 atom stereocenters. The van der Waals surface area contributed by atoms with E-state index in [0.29, 0.717) is 12.4 Å². The number of aryl methyl sites for hydroxylation is 1. The molecular formula is C16H22N4O2. The normalized spacial score (nSPS) is 12.1. The summed E-state index contributed by atoms with van der Waals surface area (Å²) in [7, 11) is 1.69. The second kappa shape index (κ2) is 7.70. The molecule has 0 bridgehead atoms. The van der Waals surface area contributed by atoms with E-state index in [-0.39, 0.29) is 11.6 Å². The van der Waals surface area contributed by atoms with Crippen LogP contribution in [0.2, 0.25) is 0 Å². The molecule has 2 aromatic heterocycles. The Bertz CT molecular complexity index is 652. The Hall–Kier alpha value is -2.21. The molecule has 118 valence electrons. The minimum atomic E-state index is -0.141. The summed E-state index contributed by atoms with van der Waals surface area (Å²) in [6.07, 6.45) is 3.34. The summed E-state index contributed by atoms with van der Waals surface area (Å²) in [5.74, 6) is 1.34. The van der Waals surface area contributed by atoms with Gasteiger partial charge in [-0.3, -0.25) is 4.79 Å². The second-order valence-corrected chi connectivity index (χ2v) is 5.20. The largest absolute Gasteiger partial charge is 0.385 e. The third kappa shape index (κ3) is 4.39. The van der Waals surface area contributed by atoms with Gasteiger partial charge in [-0.1, -0.05) is 6.92 Å². The molecule has 2 rings (SSSR count). The fourth-order valence-corrected chi connectivity index (χ4v) is 2.06. The molecule has 0 aliphatic carbocycles. The lowest BCUT2D eigenvalue weighted by atomic mass is 10.2. The number of nitrogens with one attached hydrogen (secondary N) is 2. The Morgan fingerprint density at radius 2 is 2.23 bits per heavy atom. The quantitative estimate of drug-likeness (QED) is 0.820. The lowest BCUT2D eigenvalue weighted by Gasteiger charge is -2.14. The highest BCUT2D eigenvalue weighted by atomic mass is 16.5. The van der Waals surface area contributed by atoms with Crippen LogP contribution in [0, 0.1) is 0 Å². The molecular weight excluding hydrogens is 280 g/mol. The van der Waals surface area contributed by atoms with Crippen LogP contribution in [0.15, 0.2) is 29.2 Å². The SMILES string of the molecule is CCc1cc(=O)[nH]c(-c2ccc(NC(C)CCOC)nc2)n1. The van der Waals surface area contributed by atoms with Crippen molar-refractivity contribution < 1.29 is 4.74 Å². The maximum Gasteiger partial charge on any atom is 0.251 e. The molecule has 0 spiro atoms. The zero-order valence-electron chi connectivity index (χ0n) is 13.2. The van der Waals surface area contributed by atoms with Gasteiger partial charge in [0.05, 0.1) is 0 Å². The highest BCUT2D eigenvalue weighted by Gasteiger charge is 2.06. The molecule has 0 aromatic carbocycles. The Morgan fingerprint density at radius 3 is 2.86 bits per heavy atom. The number of ether oxygens (including phenoxy) is 1. The standard InChI is InChI=1S/C16H22N4O2/c1-4-13-9-15(21)20-16(19-13)12-5-6-14(17-10-12)18-11(2)7-8-22-3/h5-6,9-11H,4,7-8H2,1-3H3,(H,17,18)(H,19,20,21). The highest BCUT2D eigenvalue weighted by molar-refractivity contribution is 5.55. The summed E-state index contributed by atoms with van der Waals surface area (Å²) in [6, 6.07) is 5.58. The summed E-state index contributed by atoms with van der Waals surface area (Å²) in [6.45, 7) is 4.76. The highest BCUT2D eigenvalue weighted by Crippen LogP contribution is 2.15. The number of aromatic amines is 1. The Morgan fingerprint density at radius 1 is 1.41 bits per heavy atom. The van der Waals surface area contributed by atoms with Gasteiger partial charge in [0.25, 0.3) is 5.56 Å². The number of nitrogens with zero attached hydrogens (tertiary/aromatic N) is 2. The van der Waals surface area contributed by atoms with Crippen molar-refractivity contribution in [3.63, 3.8) is 0 Å². The van der Waals surface area contributed by atoms with E-state index in [2.05, 4.69) is 27.2 Å². The van der Waals surface area contributed by atoms with E-state index < -0.39 is 0 Å². The Balaban J connectivity index is 2.12. The first-order valence-corrected chi connectivity index (χ1v) is 7.44. The van der Waals surface area contributed by atoms with Gasteiger partial charge in [0.1, 0.15) is 11.6 Å². The minimum absolute atomic E-state index is 0.141. The number of pyridine rings is 1. The van der Waals surface area contributed by atoms with E-state index in [1.165, 1.54) is 6.07 Å². The fraction of sp³-hybridized carbons (Fsp3) is 0.438. The summed E-state index contributed by atoms with van der Waals surface area (Å²) in [4.78, 5) is 23.2. The van der Waals surface area contributed by atoms with Gasteiger partial charge in [-0.2, -0.15) is 0 Å². The van der Waals surface area contributed by atoms with Crippen LogP contribution in [0.3, 0.4) is 0 Å². The van der Waals surface area contributed by atoms with Crippen molar-refractivity contribution in [1.29, 1.82) is 0 Å². The topological polar surface area (TPSA) is 79.9 Å². The van der Waals surface area contributed by atoms with Crippen LogP contribution in [0.1, 0.15) is 26.0 Å². The first-order chi connectivity index (χ1) is 10.6. The maximum absolute atomic E-state index is 11.6. The van der Waals surface area contributed by atoms with E-state index in [0.717, 1.165) is 29.9 Å². The number of H-pyrrole nitrogens is 1. The summed E-state index contributed by atoms with van der Waals surface area (Å²) >= 11 is 0. The minimum Gasteiger partial charge on any atom is -0.385 e. The average molecular weight is 302 g/mol. The Labute approximate surface area is 130 Å². The van der Waals surface area contributed by atoms with Crippen molar-refractivity contribution in [1.82, 2.24) is 15.0 Å². The van der Waals surface area contributed by atoms with Crippen LogP contribution in [0.4, 0.5) is 5.82 Å². The van der Waals surface area contributed by atoms with E-state index >= 15 is 0 Å². The van der Waals surface area contributed by atoms with Crippen LogP contribution in [0.25, 0.3) is 11.4 Å². The molecule has 0 saturated heterocycles. The van der Waals surface area contributed by atoms with Crippen LogP contribution in [-0.4, -0.2) is 34.7 Å². The molecule has 6 nitrogen and oxygen atoms in total. The number of rotatable bonds is 7. The molecule has 0 fully saturated rings. The number of aromatic nitrogens is 3. The van der Waals surface area contributed by atoms with Crippen molar-refractivity contribution in [2.75, 3.05) is 19.0 Å². The van der Waals surface area contributed by atoms with Gasteiger partial charge in [0.15, 0.2) is 0 Å². The van der Waals surface area contributed by atoms with Crippen LogP contribution in [-0.2, 0) is 11.2 Å². The van der Waals surface area contributed by atoms with Gasteiger partial charge in [0, 0.05) is 43.3 Å². The summed E-state index contributed by atoms with van der Waals surface area (Å²) < 4.78 is 5.06. The second-order valence-electron chi connectivity index (χ2n) is 5.20. The lowest BCUT2D eigenvalue weighted by Crippen LogP contribution is -2.17. The number of hydrogen-bond donors (Lipinski definition) is 2. The first kappa shape index (κ1) is 16.2. The summed E-state index contributed by atoms with van der Waals surface area (Å²) in [5.41, 5.74) is 1.42. The van der Waals surface area contributed by atoms with Crippen LogP contribution < -0.4 is 10.9 Å². The third-order valence-electron chi connectivity index (χ3n) is 3.34. The van der Waals surface area contributed by atoms with E-state index in [1.807, 2.05) is 19.1 Å². The van der Waals surface area contributed by atoms with Gasteiger partial charge < -0.3 is 15.0 Å². The number of methoxy groups -OCH3 is 1. The molecule has 6 heteroatoms. The van der Waals surface area contributed by atoms with Gasteiger partial charge in [-0.25, -0.2) is 9.97 Å². The smallest absolute Gasteiger partial charge is 0.251 e. The van der Waals surface area contributed by atoms with Crippen molar-refractivity contribution in [3.05, 3.63) is 40.4 Å². The van der Waals surface area contributed by atoms with Gasteiger partial charge in [-0.15, -0.1) is 0 Å². The molecule has 2 aromatic rings. The predicted molar refractivity (Wildman–Crippen MR) is 87.0 cm³/mol. The van der Waals surface area contributed by atoms with Crippen molar-refractivity contribution >= 4 is 5.82 Å². The molecule has 2 N–H and O–H groups in total. The molecule has 0 saturated carbocycles. The number of hydrogen-bond acceptors (Lipinski definition) is 5. The monoisotopic (exact) mass is 302 g/mol. The zero-order valence-corrected chi connectivity index (χ0v) is 13.2.